The monoisotopic (exact) mass is 307 g/mol. The zero-order valence-corrected chi connectivity index (χ0v) is 12.3. The Kier molecular flexibility index (Phi) is 4.59. The van der Waals surface area contributed by atoms with Crippen LogP contribution in [0.1, 0.15) is 27.4 Å². The Hall–Kier alpha value is -2.34. The van der Waals surface area contributed by atoms with E-state index in [0.29, 0.717) is 22.0 Å². The molecule has 0 unspecified atom stereocenters. The van der Waals surface area contributed by atoms with Crippen molar-refractivity contribution in [3.05, 3.63) is 51.9 Å². The van der Waals surface area contributed by atoms with E-state index in [1.807, 2.05) is 0 Å². The molecule has 0 bridgehead atoms. The molecule has 2 aromatic rings. The first-order valence-electron chi connectivity index (χ1n) is 6.24. The molecule has 0 spiro atoms. The number of aryl methyl sites for hydroxylation is 2. The van der Waals surface area contributed by atoms with Crippen LogP contribution < -0.4 is 10.9 Å². The molecule has 1 aromatic carbocycles. The summed E-state index contributed by atoms with van der Waals surface area (Å²) in [7, 11) is 0. The van der Waals surface area contributed by atoms with E-state index in [9.17, 15) is 9.59 Å². The van der Waals surface area contributed by atoms with Gasteiger partial charge < -0.3 is 4.52 Å². The molecule has 110 valence electrons. The third-order valence-electron chi connectivity index (χ3n) is 2.95. The van der Waals surface area contributed by atoms with E-state index in [0.717, 1.165) is 0 Å². The van der Waals surface area contributed by atoms with E-state index in [-0.39, 0.29) is 17.9 Å². The van der Waals surface area contributed by atoms with Gasteiger partial charge in [-0.2, -0.15) is 0 Å². The predicted molar refractivity (Wildman–Crippen MR) is 76.7 cm³/mol. The molecule has 2 amide bonds. The van der Waals surface area contributed by atoms with Crippen LogP contribution in [0.3, 0.4) is 0 Å². The first-order valence-corrected chi connectivity index (χ1v) is 6.62. The summed E-state index contributed by atoms with van der Waals surface area (Å²) >= 11 is 5.90. The third-order valence-corrected chi connectivity index (χ3v) is 3.28. The van der Waals surface area contributed by atoms with Crippen LogP contribution in [0.15, 0.2) is 28.8 Å². The zero-order valence-electron chi connectivity index (χ0n) is 11.6. The summed E-state index contributed by atoms with van der Waals surface area (Å²) in [6.45, 7) is 3.48. The number of carbonyl (C=O) groups excluding carboxylic acids is 2. The Labute approximate surface area is 126 Å². The van der Waals surface area contributed by atoms with Crippen LogP contribution in [-0.4, -0.2) is 17.0 Å². The van der Waals surface area contributed by atoms with Crippen molar-refractivity contribution in [2.45, 2.75) is 20.3 Å². The maximum atomic E-state index is 11.9. The van der Waals surface area contributed by atoms with Crippen LogP contribution >= 0.6 is 11.6 Å². The predicted octanol–water partition coefficient (Wildman–Crippen LogP) is 1.95. The number of amides is 2. The van der Waals surface area contributed by atoms with E-state index in [2.05, 4.69) is 16.0 Å². The lowest BCUT2D eigenvalue weighted by Gasteiger charge is -2.08. The van der Waals surface area contributed by atoms with Gasteiger partial charge in [-0.1, -0.05) is 28.9 Å². The van der Waals surface area contributed by atoms with E-state index < -0.39 is 5.91 Å². The second-order valence-electron chi connectivity index (χ2n) is 4.46. The molecule has 1 aromatic heterocycles. The van der Waals surface area contributed by atoms with Gasteiger partial charge in [0.2, 0.25) is 5.91 Å². The van der Waals surface area contributed by atoms with Gasteiger partial charge in [0.1, 0.15) is 5.76 Å². The molecule has 0 radical (unpaired) electrons. The van der Waals surface area contributed by atoms with Gasteiger partial charge in [-0.25, -0.2) is 0 Å². The summed E-state index contributed by atoms with van der Waals surface area (Å²) in [6.07, 6.45) is 0.0734. The smallest absolute Gasteiger partial charge is 0.271 e. The van der Waals surface area contributed by atoms with Crippen LogP contribution in [-0.2, 0) is 11.2 Å². The molecule has 7 heteroatoms. The number of rotatable bonds is 3. The molecule has 0 aliphatic carbocycles. The van der Waals surface area contributed by atoms with Crippen molar-refractivity contribution in [2.75, 3.05) is 0 Å². The molecule has 2 rings (SSSR count). The number of carbonyl (C=O) groups is 2. The fourth-order valence-electron chi connectivity index (χ4n) is 1.80. The lowest BCUT2D eigenvalue weighted by molar-refractivity contribution is -0.121. The molecule has 0 saturated carbocycles. The van der Waals surface area contributed by atoms with E-state index in [1.165, 1.54) is 0 Å². The highest BCUT2D eigenvalue weighted by Crippen LogP contribution is 2.14. The first kappa shape index (κ1) is 15.1. The van der Waals surface area contributed by atoms with Crippen LogP contribution in [0.25, 0.3) is 0 Å². The normalized spacial score (nSPS) is 10.2. The van der Waals surface area contributed by atoms with Crippen molar-refractivity contribution < 1.29 is 14.1 Å². The van der Waals surface area contributed by atoms with Gasteiger partial charge in [0, 0.05) is 5.56 Å². The second-order valence-corrected chi connectivity index (χ2v) is 4.87. The number of hydrogen-bond donors (Lipinski definition) is 2. The maximum absolute atomic E-state index is 11.9. The van der Waals surface area contributed by atoms with E-state index in [1.54, 1.807) is 38.1 Å². The number of nitrogens with zero attached hydrogens (tertiary/aromatic N) is 1. The van der Waals surface area contributed by atoms with E-state index >= 15 is 0 Å². The molecule has 0 fully saturated rings. The lowest BCUT2D eigenvalue weighted by Crippen LogP contribution is -2.42. The van der Waals surface area contributed by atoms with Gasteiger partial charge in [-0.3, -0.25) is 20.4 Å². The summed E-state index contributed by atoms with van der Waals surface area (Å²) < 4.78 is 4.97. The molecule has 21 heavy (non-hydrogen) atoms. The number of aromatic nitrogens is 1. The quantitative estimate of drug-likeness (QED) is 0.849. The average Bonchev–Trinajstić information content (AvgIpc) is 2.77. The highest BCUT2D eigenvalue weighted by Gasteiger charge is 2.15. The fraction of sp³-hybridized carbons (Fsp3) is 0.214. The molecule has 0 atom stereocenters. The Morgan fingerprint density at radius 2 is 1.95 bits per heavy atom. The van der Waals surface area contributed by atoms with Gasteiger partial charge in [-0.05, 0) is 26.0 Å². The minimum absolute atomic E-state index is 0.0734. The lowest BCUT2D eigenvalue weighted by atomic mass is 10.1. The number of hydrogen-bond acceptors (Lipinski definition) is 4. The van der Waals surface area contributed by atoms with Crippen molar-refractivity contribution >= 4 is 23.4 Å². The zero-order chi connectivity index (χ0) is 15.4. The van der Waals surface area contributed by atoms with Gasteiger partial charge in [0.15, 0.2) is 0 Å². The topological polar surface area (TPSA) is 84.2 Å². The highest BCUT2D eigenvalue weighted by molar-refractivity contribution is 6.33. The minimum Gasteiger partial charge on any atom is -0.361 e. The largest absolute Gasteiger partial charge is 0.361 e. The van der Waals surface area contributed by atoms with Gasteiger partial charge in [0.05, 0.1) is 22.7 Å². The number of halogens is 1. The van der Waals surface area contributed by atoms with Crippen LogP contribution in [0.2, 0.25) is 5.02 Å². The first-order chi connectivity index (χ1) is 9.99. The maximum Gasteiger partial charge on any atom is 0.271 e. The Morgan fingerprint density at radius 1 is 1.24 bits per heavy atom. The second kappa shape index (κ2) is 6.41. The summed E-state index contributed by atoms with van der Waals surface area (Å²) in [6, 6.07) is 6.57. The van der Waals surface area contributed by atoms with Crippen LogP contribution in [0.5, 0.6) is 0 Å². The molecule has 6 nitrogen and oxygen atoms in total. The average molecular weight is 308 g/mol. The molecule has 2 N–H and O–H groups in total. The summed E-state index contributed by atoms with van der Waals surface area (Å²) in [5.74, 6) is -0.266. The Morgan fingerprint density at radius 3 is 2.57 bits per heavy atom. The Balaban J connectivity index is 1.93. The summed E-state index contributed by atoms with van der Waals surface area (Å²) in [5.41, 5.74) is 6.30. The number of nitrogens with one attached hydrogen (secondary N) is 2. The summed E-state index contributed by atoms with van der Waals surface area (Å²) in [4.78, 5) is 23.7. The SMILES string of the molecule is Cc1noc(C)c1CC(=O)NNC(=O)c1ccccc1Cl. The van der Waals surface area contributed by atoms with Crippen molar-refractivity contribution in [3.8, 4) is 0 Å². The van der Waals surface area contributed by atoms with Crippen molar-refractivity contribution in [1.29, 1.82) is 0 Å². The van der Waals surface area contributed by atoms with Gasteiger partial charge in [0.25, 0.3) is 5.91 Å². The van der Waals surface area contributed by atoms with E-state index in [4.69, 9.17) is 16.1 Å². The Bertz CT molecular complexity index is 662. The summed E-state index contributed by atoms with van der Waals surface area (Å²) in [5, 5.41) is 4.08. The fourth-order valence-corrected chi connectivity index (χ4v) is 2.02. The third kappa shape index (κ3) is 3.61. The van der Waals surface area contributed by atoms with Gasteiger partial charge in [-0.15, -0.1) is 0 Å². The van der Waals surface area contributed by atoms with Crippen molar-refractivity contribution in [2.24, 2.45) is 0 Å². The number of hydrazine groups is 1. The molecular weight excluding hydrogens is 294 g/mol. The van der Waals surface area contributed by atoms with Gasteiger partial charge >= 0.3 is 0 Å². The minimum atomic E-state index is -0.479. The number of benzene rings is 1. The van der Waals surface area contributed by atoms with Crippen molar-refractivity contribution in [3.63, 3.8) is 0 Å². The standard InChI is InChI=1S/C14H14ClN3O3/c1-8-11(9(2)21-18-8)7-13(19)16-17-14(20)10-5-3-4-6-12(10)15/h3-6H,7H2,1-2H3,(H,16,19)(H,17,20). The van der Waals surface area contributed by atoms with Crippen LogP contribution in [0.4, 0.5) is 0 Å². The molecule has 1 heterocycles. The highest BCUT2D eigenvalue weighted by atomic mass is 35.5. The van der Waals surface area contributed by atoms with Crippen molar-refractivity contribution in [1.82, 2.24) is 16.0 Å². The molecule has 0 aliphatic rings. The molecule has 0 aliphatic heterocycles. The van der Waals surface area contributed by atoms with Crippen LogP contribution in [0, 0.1) is 13.8 Å². The molecule has 0 saturated heterocycles. The molecular formula is C14H14ClN3O3.